The van der Waals surface area contributed by atoms with Crippen LogP contribution in [0.3, 0.4) is 0 Å². The number of nitrogens with zero attached hydrogens (tertiary/aromatic N) is 2. The summed E-state index contributed by atoms with van der Waals surface area (Å²) >= 11 is 8.09. The molecule has 0 aromatic carbocycles. The Hall–Kier alpha value is -1.04. The van der Waals surface area contributed by atoms with Gasteiger partial charge >= 0.3 is 0 Å². The van der Waals surface area contributed by atoms with Gasteiger partial charge in [-0.3, -0.25) is 0 Å². The quantitative estimate of drug-likeness (QED) is 0.769. The first-order chi connectivity index (χ1) is 11.4. The lowest BCUT2D eigenvalue weighted by atomic mass is 9.84. The second-order valence-electron chi connectivity index (χ2n) is 6.99. The van der Waals surface area contributed by atoms with Crippen molar-refractivity contribution < 1.29 is 4.74 Å². The summed E-state index contributed by atoms with van der Waals surface area (Å²) in [6.07, 6.45) is 5.98. The van der Waals surface area contributed by atoms with E-state index in [0.29, 0.717) is 11.0 Å². The van der Waals surface area contributed by atoms with Crippen molar-refractivity contribution in [2.45, 2.75) is 45.3 Å². The minimum atomic E-state index is -0.507. The minimum Gasteiger partial charge on any atom is -0.474 e. The summed E-state index contributed by atoms with van der Waals surface area (Å²) in [5.74, 6) is 3.80. The fourth-order valence-corrected chi connectivity index (χ4v) is 4.04. The van der Waals surface area contributed by atoms with Crippen molar-refractivity contribution in [1.82, 2.24) is 9.97 Å². The van der Waals surface area contributed by atoms with Gasteiger partial charge < -0.3 is 10.5 Å². The molecule has 1 aliphatic carbocycles. The fourth-order valence-electron chi connectivity index (χ4n) is 3.04. The summed E-state index contributed by atoms with van der Waals surface area (Å²) in [6, 6.07) is 1.84. The summed E-state index contributed by atoms with van der Waals surface area (Å²) in [7, 11) is 0. The molecular weight excluding hydrogens is 342 g/mol. The number of hydrogen-bond donors (Lipinski definition) is 1. The van der Waals surface area contributed by atoms with E-state index in [-0.39, 0.29) is 6.10 Å². The molecule has 2 aromatic heterocycles. The molecule has 0 radical (unpaired) electrons. The van der Waals surface area contributed by atoms with E-state index >= 15 is 0 Å². The zero-order valence-electron chi connectivity index (χ0n) is 14.4. The van der Waals surface area contributed by atoms with Crippen LogP contribution in [-0.2, 0) is 5.54 Å². The Morgan fingerprint density at radius 1 is 1.29 bits per heavy atom. The van der Waals surface area contributed by atoms with Gasteiger partial charge in [-0.15, -0.1) is 0 Å². The molecule has 0 amide bonds. The number of aromatic nitrogens is 2. The summed E-state index contributed by atoms with van der Waals surface area (Å²) in [5, 5.41) is 2.29. The normalized spacial score (nSPS) is 20.9. The molecule has 2 aromatic rings. The highest BCUT2D eigenvalue weighted by Gasteiger charge is 2.31. The average molecular weight is 366 g/mol. The van der Waals surface area contributed by atoms with Crippen LogP contribution in [0.1, 0.15) is 39.2 Å². The largest absolute Gasteiger partial charge is 0.474 e. The van der Waals surface area contributed by atoms with Crippen LogP contribution in [0.15, 0.2) is 18.5 Å². The van der Waals surface area contributed by atoms with Crippen molar-refractivity contribution >= 4 is 34.1 Å². The van der Waals surface area contributed by atoms with E-state index in [1.54, 1.807) is 12.4 Å². The van der Waals surface area contributed by atoms with Crippen molar-refractivity contribution in [3.8, 4) is 5.88 Å². The molecule has 0 aliphatic heterocycles. The predicted octanol–water partition coefficient (Wildman–Crippen LogP) is 4.39. The maximum atomic E-state index is 6.28. The molecule has 1 fully saturated rings. The van der Waals surface area contributed by atoms with E-state index in [0.717, 1.165) is 35.1 Å². The SMILES string of the molecule is CCSCC1CC(Oc2ncc(C(C)(C)N)c3cc(Cl)ncc23)C1. The highest BCUT2D eigenvalue weighted by Crippen LogP contribution is 2.37. The van der Waals surface area contributed by atoms with Gasteiger partial charge in [0.1, 0.15) is 11.3 Å². The van der Waals surface area contributed by atoms with E-state index < -0.39 is 5.54 Å². The van der Waals surface area contributed by atoms with Crippen LogP contribution in [0.5, 0.6) is 5.88 Å². The average Bonchev–Trinajstić information content (AvgIpc) is 2.47. The number of fused-ring (bicyclic) bond motifs is 1. The summed E-state index contributed by atoms with van der Waals surface area (Å²) in [4.78, 5) is 8.72. The fraction of sp³-hybridized carbons (Fsp3) is 0.556. The first kappa shape index (κ1) is 17.8. The van der Waals surface area contributed by atoms with Crippen LogP contribution in [0.2, 0.25) is 5.15 Å². The Morgan fingerprint density at radius 2 is 2.04 bits per heavy atom. The number of nitrogens with two attached hydrogens (primary N) is 1. The van der Waals surface area contributed by atoms with Gasteiger partial charge in [-0.05, 0) is 61.1 Å². The van der Waals surface area contributed by atoms with Gasteiger partial charge in [0.25, 0.3) is 0 Å². The van der Waals surface area contributed by atoms with Gasteiger partial charge in [0.2, 0.25) is 5.88 Å². The number of thioether (sulfide) groups is 1. The molecule has 1 aliphatic rings. The Balaban J connectivity index is 1.83. The minimum absolute atomic E-state index is 0.246. The van der Waals surface area contributed by atoms with Crippen LogP contribution in [0, 0.1) is 5.92 Å². The smallest absolute Gasteiger partial charge is 0.223 e. The molecule has 130 valence electrons. The second-order valence-corrected chi connectivity index (χ2v) is 8.69. The topological polar surface area (TPSA) is 61.0 Å². The molecule has 0 atom stereocenters. The van der Waals surface area contributed by atoms with E-state index in [2.05, 4.69) is 16.9 Å². The zero-order valence-corrected chi connectivity index (χ0v) is 16.0. The van der Waals surface area contributed by atoms with Gasteiger partial charge in [-0.2, -0.15) is 11.8 Å². The molecule has 24 heavy (non-hydrogen) atoms. The summed E-state index contributed by atoms with van der Waals surface area (Å²) < 4.78 is 6.14. The molecule has 2 N–H and O–H groups in total. The van der Waals surface area contributed by atoms with Crippen LogP contribution in [-0.4, -0.2) is 27.6 Å². The Morgan fingerprint density at radius 3 is 2.71 bits per heavy atom. The molecule has 0 saturated heterocycles. The van der Waals surface area contributed by atoms with Crippen molar-refractivity contribution in [2.24, 2.45) is 11.7 Å². The summed E-state index contributed by atoms with van der Waals surface area (Å²) in [6.45, 7) is 6.12. The number of ether oxygens (including phenoxy) is 1. The summed E-state index contributed by atoms with van der Waals surface area (Å²) in [5.41, 5.74) is 6.72. The molecule has 3 rings (SSSR count). The van der Waals surface area contributed by atoms with Crippen molar-refractivity contribution in [1.29, 1.82) is 0 Å². The molecule has 4 nitrogen and oxygen atoms in total. The van der Waals surface area contributed by atoms with Crippen molar-refractivity contribution in [3.05, 3.63) is 29.2 Å². The predicted molar refractivity (Wildman–Crippen MR) is 102 cm³/mol. The van der Waals surface area contributed by atoms with E-state index in [1.165, 1.54) is 11.5 Å². The Kier molecular flexibility index (Phi) is 5.23. The number of pyridine rings is 2. The van der Waals surface area contributed by atoms with E-state index in [4.69, 9.17) is 22.1 Å². The first-order valence-electron chi connectivity index (χ1n) is 8.36. The first-order valence-corrected chi connectivity index (χ1v) is 9.89. The van der Waals surface area contributed by atoms with Gasteiger partial charge in [-0.1, -0.05) is 18.5 Å². The van der Waals surface area contributed by atoms with Crippen LogP contribution < -0.4 is 10.5 Å². The molecule has 0 unspecified atom stereocenters. The monoisotopic (exact) mass is 365 g/mol. The molecule has 2 heterocycles. The van der Waals surface area contributed by atoms with E-state index in [9.17, 15) is 0 Å². The van der Waals surface area contributed by atoms with Gasteiger partial charge in [0, 0.05) is 17.9 Å². The van der Waals surface area contributed by atoms with E-state index in [1.807, 2.05) is 31.7 Å². The Bertz CT molecular complexity index is 726. The van der Waals surface area contributed by atoms with Gasteiger partial charge in [0.05, 0.1) is 5.39 Å². The number of rotatable bonds is 6. The highest BCUT2D eigenvalue weighted by molar-refractivity contribution is 7.99. The molecular formula is C18H24ClN3OS. The lowest BCUT2D eigenvalue weighted by Crippen LogP contribution is -2.35. The third-order valence-corrected chi connectivity index (χ3v) is 5.75. The van der Waals surface area contributed by atoms with Gasteiger partial charge in [-0.25, -0.2) is 9.97 Å². The lowest BCUT2D eigenvalue weighted by molar-refractivity contribution is 0.0732. The highest BCUT2D eigenvalue weighted by atomic mass is 35.5. The third kappa shape index (κ3) is 3.79. The number of halogens is 1. The molecule has 1 saturated carbocycles. The van der Waals surface area contributed by atoms with Crippen LogP contribution >= 0.6 is 23.4 Å². The maximum Gasteiger partial charge on any atom is 0.223 e. The molecule has 6 heteroatoms. The zero-order chi connectivity index (χ0) is 17.3. The second kappa shape index (κ2) is 7.06. The maximum absolute atomic E-state index is 6.28. The molecule has 0 bridgehead atoms. The number of hydrogen-bond acceptors (Lipinski definition) is 5. The van der Waals surface area contributed by atoms with Crippen molar-refractivity contribution in [2.75, 3.05) is 11.5 Å². The van der Waals surface area contributed by atoms with Crippen LogP contribution in [0.4, 0.5) is 0 Å². The van der Waals surface area contributed by atoms with Gasteiger partial charge in [0.15, 0.2) is 0 Å². The third-order valence-electron chi connectivity index (χ3n) is 4.42. The Labute approximate surface area is 152 Å². The molecule has 0 spiro atoms. The lowest BCUT2D eigenvalue weighted by Gasteiger charge is -2.35. The van der Waals surface area contributed by atoms with Crippen LogP contribution in [0.25, 0.3) is 10.8 Å². The van der Waals surface area contributed by atoms with Crippen molar-refractivity contribution in [3.63, 3.8) is 0 Å². The standard InChI is InChI=1S/C18H24ClN3OS/c1-4-24-10-11-5-12(6-11)23-17-14-8-21-16(19)7-13(14)15(9-22-17)18(2,3)20/h7-9,11-12H,4-6,10,20H2,1-3H3.